The molecule has 0 radical (unpaired) electrons. The Bertz CT molecular complexity index is 1240. The Morgan fingerprint density at radius 2 is 1.50 bits per heavy atom. The highest BCUT2D eigenvalue weighted by molar-refractivity contribution is 7.92. The summed E-state index contributed by atoms with van der Waals surface area (Å²) in [4.78, 5) is 27.5. The molecule has 0 aliphatic heterocycles. The van der Waals surface area contributed by atoms with E-state index < -0.39 is 22.0 Å². The summed E-state index contributed by atoms with van der Waals surface area (Å²) >= 11 is 0. The summed E-state index contributed by atoms with van der Waals surface area (Å²) in [7, 11) is -2.22. The molecule has 2 aromatic carbocycles. The van der Waals surface area contributed by atoms with E-state index in [-0.39, 0.29) is 24.4 Å². The van der Waals surface area contributed by atoms with Crippen LogP contribution in [0.5, 0.6) is 0 Å². The summed E-state index contributed by atoms with van der Waals surface area (Å²) in [5.74, 6) is 1.73. The Labute approximate surface area is 226 Å². The lowest BCUT2D eigenvalue weighted by Gasteiger charge is -2.57. The van der Waals surface area contributed by atoms with E-state index in [4.69, 9.17) is 0 Å². The summed E-state index contributed by atoms with van der Waals surface area (Å²) in [6, 6.07) is 16.5. The van der Waals surface area contributed by atoms with Gasteiger partial charge in [0.15, 0.2) is 0 Å². The van der Waals surface area contributed by atoms with Gasteiger partial charge in [0.25, 0.3) is 0 Å². The topological polar surface area (TPSA) is 86.8 Å². The molecule has 38 heavy (non-hydrogen) atoms. The van der Waals surface area contributed by atoms with Gasteiger partial charge in [0.2, 0.25) is 21.8 Å². The largest absolute Gasteiger partial charge is 0.357 e. The molecule has 7 nitrogen and oxygen atoms in total. The fraction of sp³-hybridized carbons (Fsp3) is 0.533. The minimum Gasteiger partial charge on any atom is -0.357 e. The molecule has 0 spiro atoms. The number of carbonyl (C=O) groups is 2. The van der Waals surface area contributed by atoms with Crippen molar-refractivity contribution in [3.05, 3.63) is 65.7 Å². The van der Waals surface area contributed by atoms with E-state index in [1.54, 1.807) is 6.92 Å². The number of carbonyl (C=O) groups excluding carboxylic acids is 2. The predicted molar refractivity (Wildman–Crippen MR) is 149 cm³/mol. The number of rotatable bonds is 9. The molecule has 4 fully saturated rings. The average Bonchev–Trinajstić information content (AvgIpc) is 2.88. The zero-order chi connectivity index (χ0) is 27.1. The molecule has 204 valence electrons. The molecule has 1 N–H and O–H groups in total. The van der Waals surface area contributed by atoms with Crippen LogP contribution in [0, 0.1) is 17.8 Å². The number of benzene rings is 2. The first kappa shape index (κ1) is 26.7. The van der Waals surface area contributed by atoms with Crippen LogP contribution in [-0.4, -0.2) is 51.0 Å². The molecule has 0 unspecified atom stereocenters. The van der Waals surface area contributed by atoms with Crippen LogP contribution in [-0.2, 0) is 31.6 Å². The van der Waals surface area contributed by atoms with Crippen molar-refractivity contribution in [3.63, 3.8) is 0 Å². The molecule has 8 heteroatoms. The first-order valence-electron chi connectivity index (χ1n) is 13.7. The van der Waals surface area contributed by atoms with Crippen molar-refractivity contribution in [2.24, 2.45) is 17.8 Å². The lowest BCUT2D eigenvalue weighted by molar-refractivity contribution is -0.139. The van der Waals surface area contributed by atoms with E-state index in [9.17, 15) is 18.0 Å². The minimum atomic E-state index is -3.74. The molecule has 1 atom stereocenters. The predicted octanol–water partition coefficient (Wildman–Crippen LogP) is 4.08. The quantitative estimate of drug-likeness (QED) is 0.522. The molecule has 6 rings (SSSR count). The Hall–Kier alpha value is -2.87. The molecule has 4 saturated carbocycles. The van der Waals surface area contributed by atoms with Crippen molar-refractivity contribution in [2.75, 3.05) is 24.2 Å². The molecule has 4 aliphatic carbocycles. The number of nitrogens with one attached hydrogen (secondary N) is 1. The Morgan fingerprint density at radius 1 is 0.947 bits per heavy atom. The van der Waals surface area contributed by atoms with Crippen LogP contribution in [0.2, 0.25) is 0 Å². The number of amides is 2. The van der Waals surface area contributed by atoms with Crippen LogP contribution in [0.1, 0.15) is 56.6 Å². The summed E-state index contributed by atoms with van der Waals surface area (Å²) in [5, 5.41) is 2.60. The van der Waals surface area contributed by atoms with Crippen LogP contribution in [0.4, 0.5) is 5.69 Å². The Balaban J connectivity index is 1.38. The summed E-state index contributed by atoms with van der Waals surface area (Å²) in [5.41, 5.74) is 2.86. The van der Waals surface area contributed by atoms with Gasteiger partial charge in [-0.2, -0.15) is 0 Å². The summed E-state index contributed by atoms with van der Waals surface area (Å²) in [6.45, 7) is 1.49. The van der Waals surface area contributed by atoms with Gasteiger partial charge in [-0.15, -0.1) is 0 Å². The first-order chi connectivity index (χ1) is 18.1. The van der Waals surface area contributed by atoms with Gasteiger partial charge in [0, 0.05) is 13.6 Å². The molecule has 4 bridgehead atoms. The Kier molecular flexibility index (Phi) is 7.29. The summed E-state index contributed by atoms with van der Waals surface area (Å²) in [6.07, 6.45) is 8.94. The van der Waals surface area contributed by atoms with Crippen molar-refractivity contribution < 1.29 is 18.0 Å². The molecule has 0 aromatic heterocycles. The van der Waals surface area contributed by atoms with Gasteiger partial charge in [-0.05, 0) is 91.9 Å². The van der Waals surface area contributed by atoms with Crippen molar-refractivity contribution in [2.45, 2.75) is 63.5 Å². The van der Waals surface area contributed by atoms with Gasteiger partial charge < -0.3 is 10.2 Å². The maximum Gasteiger partial charge on any atom is 0.244 e. The molecule has 2 aromatic rings. The second kappa shape index (κ2) is 10.4. The van der Waals surface area contributed by atoms with Crippen LogP contribution >= 0.6 is 0 Å². The zero-order valence-corrected chi connectivity index (χ0v) is 23.4. The van der Waals surface area contributed by atoms with E-state index in [0.717, 1.165) is 33.9 Å². The van der Waals surface area contributed by atoms with Crippen molar-refractivity contribution >= 4 is 27.5 Å². The lowest BCUT2D eigenvalue weighted by atomic mass is 9.48. The first-order valence-corrected chi connectivity index (χ1v) is 15.6. The van der Waals surface area contributed by atoms with Crippen LogP contribution in [0.25, 0.3) is 0 Å². The zero-order valence-electron chi connectivity index (χ0n) is 22.6. The van der Waals surface area contributed by atoms with Crippen molar-refractivity contribution in [1.29, 1.82) is 0 Å². The normalized spacial score (nSPS) is 26.6. The summed E-state index contributed by atoms with van der Waals surface area (Å²) < 4.78 is 26.9. The maximum absolute atomic E-state index is 13.6. The molecular weight excluding hydrogens is 498 g/mol. The highest BCUT2D eigenvalue weighted by Crippen LogP contribution is 2.60. The van der Waals surface area contributed by atoms with Crippen LogP contribution in [0.15, 0.2) is 54.6 Å². The maximum atomic E-state index is 13.6. The highest BCUT2D eigenvalue weighted by Gasteiger charge is 2.51. The third kappa shape index (κ3) is 5.33. The van der Waals surface area contributed by atoms with Gasteiger partial charge in [0.1, 0.15) is 12.6 Å². The van der Waals surface area contributed by atoms with E-state index >= 15 is 0 Å². The van der Waals surface area contributed by atoms with Crippen molar-refractivity contribution in [1.82, 2.24) is 10.2 Å². The second-order valence-corrected chi connectivity index (χ2v) is 13.7. The SMILES string of the molecule is CNC(=O)[C@@H](C)N(Cc1ccccc1)C(=O)CN(c1ccc(C23CC4CC(CC(C4)C2)C3)cc1)S(C)(=O)=O. The smallest absolute Gasteiger partial charge is 0.244 e. The van der Waals surface area contributed by atoms with Crippen LogP contribution in [0.3, 0.4) is 0 Å². The third-order valence-electron chi connectivity index (χ3n) is 9.09. The third-order valence-corrected chi connectivity index (χ3v) is 10.2. The number of nitrogens with zero attached hydrogens (tertiary/aromatic N) is 2. The van der Waals surface area contributed by atoms with Crippen molar-refractivity contribution in [3.8, 4) is 0 Å². The van der Waals surface area contributed by atoms with Gasteiger partial charge in [-0.3, -0.25) is 13.9 Å². The molecule has 4 aliphatic rings. The highest BCUT2D eigenvalue weighted by atomic mass is 32.2. The number of hydrogen-bond donors (Lipinski definition) is 1. The average molecular weight is 538 g/mol. The van der Waals surface area contributed by atoms with Gasteiger partial charge in [0.05, 0.1) is 11.9 Å². The van der Waals surface area contributed by atoms with E-state index in [2.05, 4.69) is 17.4 Å². The molecule has 2 amide bonds. The second-order valence-electron chi connectivity index (χ2n) is 11.8. The molecular formula is C30H39N3O4S. The van der Waals surface area contributed by atoms with Crippen LogP contribution < -0.4 is 9.62 Å². The number of hydrogen-bond acceptors (Lipinski definition) is 4. The number of anilines is 1. The molecule has 0 heterocycles. The fourth-order valence-electron chi connectivity index (χ4n) is 7.63. The van der Waals surface area contributed by atoms with Gasteiger partial charge in [-0.1, -0.05) is 42.5 Å². The van der Waals surface area contributed by atoms with E-state index in [1.807, 2.05) is 42.5 Å². The number of sulfonamides is 1. The standard InChI is InChI=1S/C30H39N3O4S/c1-21(29(35)31-2)32(19-22-7-5-4-6-8-22)28(34)20-33(38(3,36)37)27-11-9-26(10-12-27)30-16-23-13-24(17-30)15-25(14-23)18-30/h4-12,21,23-25H,13-20H2,1-3H3,(H,31,35)/t21-,23?,24?,25?,30?/m1/s1. The lowest BCUT2D eigenvalue weighted by Crippen LogP contribution is -2.50. The van der Waals surface area contributed by atoms with E-state index in [0.29, 0.717) is 5.69 Å². The molecule has 0 saturated heterocycles. The number of likely N-dealkylation sites (N-methyl/N-ethyl adjacent to an activating group) is 1. The van der Waals surface area contributed by atoms with E-state index in [1.165, 1.54) is 56.0 Å². The minimum absolute atomic E-state index is 0.205. The van der Waals surface area contributed by atoms with Gasteiger partial charge in [-0.25, -0.2) is 8.42 Å². The monoisotopic (exact) mass is 537 g/mol. The van der Waals surface area contributed by atoms with Gasteiger partial charge >= 0.3 is 0 Å². The fourth-order valence-corrected chi connectivity index (χ4v) is 8.48. The Morgan fingerprint density at radius 3 is 2.00 bits per heavy atom.